The van der Waals surface area contributed by atoms with Crippen LogP contribution >= 0.6 is 0 Å². The number of hydrogen-bond acceptors (Lipinski definition) is 0. The summed E-state index contributed by atoms with van der Waals surface area (Å²) in [5, 5.41) is 0. The third kappa shape index (κ3) is 3.77. The van der Waals surface area contributed by atoms with Crippen molar-refractivity contribution >= 4 is 0 Å². The van der Waals surface area contributed by atoms with Crippen LogP contribution in [0.2, 0.25) is 0 Å². The fourth-order valence-electron chi connectivity index (χ4n) is 8.37. The van der Waals surface area contributed by atoms with Gasteiger partial charge in [-0.25, -0.2) is 0 Å². The van der Waals surface area contributed by atoms with Crippen molar-refractivity contribution in [3.63, 3.8) is 0 Å². The number of fused-ring (bicyclic) bond motifs is 3. The molecule has 0 N–H and O–H groups in total. The molecule has 150 valence electrons. The summed E-state index contributed by atoms with van der Waals surface area (Å²) in [5.74, 6) is 4.41. The highest BCUT2D eigenvalue weighted by atomic mass is 14.6. The van der Waals surface area contributed by atoms with Crippen LogP contribution in [0.25, 0.3) is 0 Å². The summed E-state index contributed by atoms with van der Waals surface area (Å²) in [5.41, 5.74) is 1.60. The summed E-state index contributed by atoms with van der Waals surface area (Å²) in [6.07, 6.45) is 28.1. The summed E-state index contributed by atoms with van der Waals surface area (Å²) >= 11 is 0. The Labute approximate surface area is 164 Å². The molecule has 26 heavy (non-hydrogen) atoms. The smallest absolute Gasteiger partial charge is 0.0269 e. The second-order valence-electron chi connectivity index (χ2n) is 11.3. The van der Waals surface area contributed by atoms with E-state index < -0.39 is 0 Å². The Morgan fingerprint density at radius 1 is 0.615 bits per heavy atom. The van der Waals surface area contributed by atoms with Gasteiger partial charge in [-0.3, -0.25) is 0 Å². The first-order chi connectivity index (χ1) is 12.7. The first-order valence-electron chi connectivity index (χ1n) is 12.7. The van der Waals surface area contributed by atoms with Crippen LogP contribution in [-0.2, 0) is 0 Å². The maximum Gasteiger partial charge on any atom is -0.0269 e. The Kier molecular flexibility index (Phi) is 6.07. The van der Waals surface area contributed by atoms with Gasteiger partial charge in [-0.05, 0) is 118 Å². The molecule has 0 heteroatoms. The van der Waals surface area contributed by atoms with Gasteiger partial charge < -0.3 is 0 Å². The summed E-state index contributed by atoms with van der Waals surface area (Å²) < 4.78 is 0. The Hall–Kier alpha value is 0. The van der Waals surface area contributed by atoms with E-state index in [1.54, 1.807) is 89.9 Å². The van der Waals surface area contributed by atoms with Gasteiger partial charge in [0, 0.05) is 0 Å². The molecule has 5 saturated carbocycles. The molecule has 0 aromatic rings. The van der Waals surface area contributed by atoms with Crippen molar-refractivity contribution in [1.29, 1.82) is 0 Å². The molecular weight excluding hydrogens is 312 g/mol. The zero-order valence-corrected chi connectivity index (χ0v) is 18.0. The van der Waals surface area contributed by atoms with Crippen LogP contribution in [0.5, 0.6) is 0 Å². The molecule has 0 spiro atoms. The maximum absolute atomic E-state index is 2.40. The predicted molar refractivity (Wildman–Crippen MR) is 113 cm³/mol. The van der Waals surface area contributed by atoms with E-state index in [0.29, 0.717) is 0 Å². The summed E-state index contributed by atoms with van der Waals surface area (Å²) in [6, 6.07) is 0. The van der Waals surface area contributed by atoms with E-state index >= 15 is 0 Å². The quantitative estimate of drug-likeness (QED) is 0.446. The molecule has 2 bridgehead atoms. The molecule has 5 aliphatic rings. The van der Waals surface area contributed by atoms with Crippen LogP contribution in [0.4, 0.5) is 0 Å². The highest BCUT2D eigenvalue weighted by Gasteiger charge is 2.51. The van der Waals surface area contributed by atoms with Crippen LogP contribution < -0.4 is 0 Å². The van der Waals surface area contributed by atoms with Gasteiger partial charge in [-0.1, -0.05) is 46.0 Å². The minimum Gasteiger partial charge on any atom is -0.0654 e. The van der Waals surface area contributed by atoms with Crippen LogP contribution in [0.1, 0.15) is 129 Å². The zero-order valence-electron chi connectivity index (χ0n) is 18.0. The van der Waals surface area contributed by atoms with Crippen molar-refractivity contribution in [2.45, 2.75) is 129 Å². The van der Waals surface area contributed by atoms with Crippen molar-refractivity contribution in [2.24, 2.45) is 34.5 Å². The molecule has 0 radical (unpaired) electrons. The van der Waals surface area contributed by atoms with E-state index in [9.17, 15) is 0 Å². The Bertz CT molecular complexity index is 408. The molecule has 0 saturated heterocycles. The highest BCUT2D eigenvalue weighted by molar-refractivity contribution is 5.02. The Morgan fingerprint density at radius 2 is 1.15 bits per heavy atom. The molecule has 0 aromatic heterocycles. The third-order valence-electron chi connectivity index (χ3n) is 10.1. The zero-order chi connectivity index (χ0) is 18.0. The SMILES string of the molecule is CCCC1CCC(C2CCC(C34CCC(CCC)(CC3)CC4)CC2)CC1. The predicted octanol–water partition coefficient (Wildman–Crippen LogP) is 8.54. The molecule has 0 heterocycles. The lowest BCUT2D eigenvalue weighted by Crippen LogP contribution is -2.46. The van der Waals surface area contributed by atoms with Crippen LogP contribution in [-0.4, -0.2) is 0 Å². The fraction of sp³-hybridized carbons (Fsp3) is 1.00. The van der Waals surface area contributed by atoms with E-state index in [1.165, 1.54) is 25.7 Å². The van der Waals surface area contributed by atoms with Crippen molar-refractivity contribution in [1.82, 2.24) is 0 Å². The molecule has 0 aliphatic heterocycles. The number of rotatable bonds is 6. The van der Waals surface area contributed by atoms with E-state index in [1.807, 2.05) is 0 Å². The van der Waals surface area contributed by atoms with Gasteiger partial charge in [0.05, 0.1) is 0 Å². The lowest BCUT2D eigenvalue weighted by Gasteiger charge is -2.58. The van der Waals surface area contributed by atoms with Gasteiger partial charge in [0.15, 0.2) is 0 Å². The lowest BCUT2D eigenvalue weighted by molar-refractivity contribution is -0.0674. The van der Waals surface area contributed by atoms with Gasteiger partial charge in [-0.2, -0.15) is 0 Å². The van der Waals surface area contributed by atoms with Gasteiger partial charge in [0.1, 0.15) is 0 Å². The average Bonchev–Trinajstić information content (AvgIpc) is 2.71. The van der Waals surface area contributed by atoms with Crippen molar-refractivity contribution in [3.05, 3.63) is 0 Å². The second kappa shape index (κ2) is 8.16. The van der Waals surface area contributed by atoms with E-state index in [-0.39, 0.29) is 0 Å². The molecular formula is C26H46. The van der Waals surface area contributed by atoms with E-state index in [4.69, 9.17) is 0 Å². The van der Waals surface area contributed by atoms with Crippen molar-refractivity contribution < 1.29 is 0 Å². The molecule has 0 aromatic carbocycles. The normalized spacial score (nSPS) is 46.4. The fourth-order valence-corrected chi connectivity index (χ4v) is 8.37. The van der Waals surface area contributed by atoms with Crippen LogP contribution in [0.15, 0.2) is 0 Å². The number of hydrogen-bond donors (Lipinski definition) is 0. The van der Waals surface area contributed by atoms with Gasteiger partial charge in [0.2, 0.25) is 0 Å². The highest BCUT2D eigenvalue weighted by Crippen LogP contribution is 2.63. The topological polar surface area (TPSA) is 0 Å². The van der Waals surface area contributed by atoms with E-state index in [2.05, 4.69) is 13.8 Å². The molecule has 0 unspecified atom stereocenters. The van der Waals surface area contributed by atoms with Gasteiger partial charge in [-0.15, -0.1) is 0 Å². The average molecular weight is 359 g/mol. The first-order valence-corrected chi connectivity index (χ1v) is 12.7. The standard InChI is InChI=1S/C26H46/c1-3-5-21-6-8-22(9-7-21)23-10-12-24(13-11-23)26-18-15-25(14-4-2,16-19-26)17-20-26/h21-24H,3-20H2,1-2H3. The Morgan fingerprint density at radius 3 is 1.65 bits per heavy atom. The van der Waals surface area contributed by atoms with Gasteiger partial charge >= 0.3 is 0 Å². The lowest BCUT2D eigenvalue weighted by atomic mass is 9.47. The summed E-state index contributed by atoms with van der Waals surface area (Å²) in [4.78, 5) is 0. The van der Waals surface area contributed by atoms with Crippen molar-refractivity contribution in [3.8, 4) is 0 Å². The summed E-state index contributed by atoms with van der Waals surface area (Å²) in [6.45, 7) is 4.78. The molecule has 5 fully saturated rings. The molecule has 0 nitrogen and oxygen atoms in total. The molecule has 0 amide bonds. The molecule has 5 rings (SSSR count). The van der Waals surface area contributed by atoms with Crippen molar-refractivity contribution in [2.75, 3.05) is 0 Å². The minimum atomic E-state index is 0.796. The largest absolute Gasteiger partial charge is 0.0654 e. The third-order valence-corrected chi connectivity index (χ3v) is 10.1. The summed E-state index contributed by atoms with van der Waals surface area (Å²) in [7, 11) is 0. The second-order valence-corrected chi connectivity index (χ2v) is 11.3. The maximum atomic E-state index is 2.40. The monoisotopic (exact) mass is 358 g/mol. The molecule has 5 aliphatic carbocycles. The van der Waals surface area contributed by atoms with E-state index in [0.717, 1.165) is 34.5 Å². The minimum absolute atomic E-state index is 0.796. The first kappa shape index (κ1) is 19.3. The Balaban J connectivity index is 1.26. The van der Waals surface area contributed by atoms with Crippen LogP contribution in [0.3, 0.4) is 0 Å². The van der Waals surface area contributed by atoms with Gasteiger partial charge in [0.25, 0.3) is 0 Å². The molecule has 0 atom stereocenters. The van der Waals surface area contributed by atoms with Crippen LogP contribution in [0, 0.1) is 34.5 Å².